The first-order valence-electron chi connectivity index (χ1n) is 8.31. The maximum Gasteiger partial charge on any atom is 0.275 e. The zero-order chi connectivity index (χ0) is 17.4. The van der Waals surface area contributed by atoms with Crippen LogP contribution in [-0.2, 0) is 11.3 Å². The van der Waals surface area contributed by atoms with Crippen LogP contribution in [0.25, 0.3) is 10.8 Å². The highest BCUT2D eigenvalue weighted by molar-refractivity contribution is 5.81. The number of likely N-dealkylation sites (tertiary alicyclic amines) is 1. The van der Waals surface area contributed by atoms with Gasteiger partial charge in [0.2, 0.25) is 5.91 Å². The summed E-state index contributed by atoms with van der Waals surface area (Å²) in [7, 11) is 0. The molecule has 0 saturated carbocycles. The molecular weight excluding hydrogens is 320 g/mol. The molecule has 25 heavy (non-hydrogen) atoms. The molecule has 128 valence electrons. The van der Waals surface area contributed by atoms with E-state index in [2.05, 4.69) is 10.3 Å². The quantitative estimate of drug-likeness (QED) is 0.730. The van der Waals surface area contributed by atoms with Crippen molar-refractivity contribution in [1.29, 1.82) is 0 Å². The van der Waals surface area contributed by atoms with Crippen LogP contribution in [0.2, 0.25) is 0 Å². The Balaban J connectivity index is 1.59. The van der Waals surface area contributed by atoms with Crippen molar-refractivity contribution in [1.82, 2.24) is 19.8 Å². The maximum absolute atomic E-state index is 12.8. The molecule has 1 atom stereocenters. The van der Waals surface area contributed by atoms with E-state index in [-0.39, 0.29) is 24.1 Å². The predicted molar refractivity (Wildman–Crippen MR) is 90.9 cm³/mol. The van der Waals surface area contributed by atoms with E-state index in [9.17, 15) is 9.59 Å². The standard InChI is InChI=1S/C18H18N4O3/c1-12-9-16(25-20-12)15-7-4-8-21(15)17(23)11-22-18(24)14-6-3-2-5-13(14)10-19-22/h2-3,5-6,9-10,15H,4,7-8,11H2,1H3. The van der Waals surface area contributed by atoms with Crippen molar-refractivity contribution in [3.05, 3.63) is 58.3 Å². The Morgan fingerprint density at radius 1 is 1.36 bits per heavy atom. The van der Waals surface area contributed by atoms with Crippen molar-refractivity contribution in [3.63, 3.8) is 0 Å². The number of hydrogen-bond donors (Lipinski definition) is 0. The van der Waals surface area contributed by atoms with Gasteiger partial charge in [0.25, 0.3) is 5.56 Å². The van der Waals surface area contributed by atoms with Gasteiger partial charge in [0.05, 0.1) is 23.3 Å². The van der Waals surface area contributed by atoms with E-state index in [0.717, 1.165) is 23.9 Å². The Kier molecular flexibility index (Phi) is 3.83. The molecule has 1 fully saturated rings. The molecule has 1 amide bonds. The number of carbonyl (C=O) groups is 1. The lowest BCUT2D eigenvalue weighted by Gasteiger charge is -2.22. The smallest absolute Gasteiger partial charge is 0.275 e. The molecule has 3 aromatic rings. The van der Waals surface area contributed by atoms with Crippen LogP contribution in [0.15, 0.2) is 45.8 Å². The molecule has 2 aromatic heterocycles. The number of carbonyl (C=O) groups excluding carboxylic acids is 1. The second-order valence-electron chi connectivity index (χ2n) is 6.31. The number of rotatable bonds is 3. The van der Waals surface area contributed by atoms with Crippen molar-refractivity contribution in [3.8, 4) is 0 Å². The molecule has 0 aliphatic carbocycles. The monoisotopic (exact) mass is 338 g/mol. The predicted octanol–water partition coefficient (Wildman–Crippen LogP) is 2.06. The van der Waals surface area contributed by atoms with Crippen LogP contribution in [0.1, 0.15) is 30.3 Å². The summed E-state index contributed by atoms with van der Waals surface area (Å²) in [6.45, 7) is 2.42. The third-order valence-corrected chi connectivity index (χ3v) is 4.59. The number of nitrogens with zero attached hydrogens (tertiary/aromatic N) is 4. The average molecular weight is 338 g/mol. The van der Waals surface area contributed by atoms with Crippen molar-refractivity contribution in [2.75, 3.05) is 6.54 Å². The second-order valence-corrected chi connectivity index (χ2v) is 6.31. The lowest BCUT2D eigenvalue weighted by molar-refractivity contribution is -0.133. The summed E-state index contributed by atoms with van der Waals surface area (Å²) in [5.41, 5.74) is 0.541. The van der Waals surface area contributed by atoms with Crippen molar-refractivity contribution < 1.29 is 9.32 Å². The summed E-state index contributed by atoms with van der Waals surface area (Å²) < 4.78 is 6.56. The minimum Gasteiger partial charge on any atom is -0.359 e. The number of fused-ring (bicyclic) bond motifs is 1. The highest BCUT2D eigenvalue weighted by Crippen LogP contribution is 2.32. The Morgan fingerprint density at radius 2 is 2.20 bits per heavy atom. The molecule has 1 aliphatic heterocycles. The zero-order valence-corrected chi connectivity index (χ0v) is 13.9. The lowest BCUT2D eigenvalue weighted by Crippen LogP contribution is -2.37. The molecule has 7 nitrogen and oxygen atoms in total. The first-order chi connectivity index (χ1) is 12.1. The van der Waals surface area contributed by atoms with Gasteiger partial charge >= 0.3 is 0 Å². The summed E-state index contributed by atoms with van der Waals surface area (Å²) in [4.78, 5) is 27.0. The van der Waals surface area contributed by atoms with Gasteiger partial charge in [0.15, 0.2) is 5.76 Å². The number of aryl methyl sites for hydroxylation is 1. The molecule has 1 aromatic carbocycles. The third kappa shape index (κ3) is 2.82. The van der Waals surface area contributed by atoms with E-state index in [1.165, 1.54) is 4.68 Å². The number of amides is 1. The highest BCUT2D eigenvalue weighted by Gasteiger charge is 2.32. The Hall–Kier alpha value is -2.96. The van der Waals surface area contributed by atoms with Crippen LogP contribution in [0.3, 0.4) is 0 Å². The number of benzene rings is 1. The fraction of sp³-hybridized carbons (Fsp3) is 0.333. The topological polar surface area (TPSA) is 81.2 Å². The van der Waals surface area contributed by atoms with Gasteiger partial charge < -0.3 is 9.42 Å². The van der Waals surface area contributed by atoms with Gasteiger partial charge in [0, 0.05) is 18.0 Å². The first-order valence-corrected chi connectivity index (χ1v) is 8.31. The van der Waals surface area contributed by atoms with Crippen LogP contribution in [-0.4, -0.2) is 32.3 Å². The van der Waals surface area contributed by atoms with Crippen LogP contribution in [0.4, 0.5) is 0 Å². The zero-order valence-electron chi connectivity index (χ0n) is 13.9. The van der Waals surface area contributed by atoms with Gasteiger partial charge in [-0.1, -0.05) is 23.4 Å². The maximum atomic E-state index is 12.8. The molecule has 0 spiro atoms. The molecular formula is C18H18N4O3. The van der Waals surface area contributed by atoms with E-state index in [1.54, 1.807) is 23.2 Å². The van der Waals surface area contributed by atoms with Crippen molar-refractivity contribution >= 4 is 16.7 Å². The summed E-state index contributed by atoms with van der Waals surface area (Å²) in [5, 5.41) is 9.38. The molecule has 7 heteroatoms. The number of hydrogen-bond acceptors (Lipinski definition) is 5. The molecule has 1 aliphatic rings. The Morgan fingerprint density at radius 3 is 3.00 bits per heavy atom. The second kappa shape index (κ2) is 6.16. The average Bonchev–Trinajstić information content (AvgIpc) is 3.26. The van der Waals surface area contributed by atoms with Gasteiger partial charge in [-0.3, -0.25) is 9.59 Å². The number of aromatic nitrogens is 3. The fourth-order valence-corrected chi connectivity index (χ4v) is 3.36. The largest absolute Gasteiger partial charge is 0.359 e. The van der Waals surface area contributed by atoms with E-state index < -0.39 is 0 Å². The summed E-state index contributed by atoms with van der Waals surface area (Å²) in [6, 6.07) is 8.97. The molecule has 0 N–H and O–H groups in total. The summed E-state index contributed by atoms with van der Waals surface area (Å²) >= 11 is 0. The lowest BCUT2D eigenvalue weighted by atomic mass is 10.1. The van der Waals surface area contributed by atoms with Crippen LogP contribution >= 0.6 is 0 Å². The minimum atomic E-state index is -0.252. The van der Waals surface area contributed by atoms with Gasteiger partial charge in [-0.2, -0.15) is 5.10 Å². The van der Waals surface area contributed by atoms with Crippen molar-refractivity contribution in [2.45, 2.75) is 32.4 Å². The van der Waals surface area contributed by atoms with Crippen LogP contribution < -0.4 is 5.56 Å². The molecule has 0 radical (unpaired) electrons. The molecule has 4 rings (SSSR count). The summed E-state index contributed by atoms with van der Waals surface area (Å²) in [5.74, 6) is 0.559. The van der Waals surface area contributed by atoms with Gasteiger partial charge in [0.1, 0.15) is 6.54 Å². The minimum absolute atomic E-state index is 0.0761. The van der Waals surface area contributed by atoms with E-state index in [0.29, 0.717) is 17.7 Å². The Bertz CT molecular complexity index is 991. The molecule has 1 saturated heterocycles. The molecule has 3 heterocycles. The van der Waals surface area contributed by atoms with Gasteiger partial charge in [-0.15, -0.1) is 0 Å². The SMILES string of the molecule is Cc1cc(C2CCCN2C(=O)Cn2ncc3ccccc3c2=O)on1. The molecule has 1 unspecified atom stereocenters. The van der Waals surface area contributed by atoms with Gasteiger partial charge in [-0.05, 0) is 25.8 Å². The highest BCUT2D eigenvalue weighted by atomic mass is 16.5. The van der Waals surface area contributed by atoms with Crippen molar-refractivity contribution in [2.24, 2.45) is 0 Å². The summed E-state index contributed by atoms with van der Waals surface area (Å²) in [6.07, 6.45) is 3.35. The Labute approximate surface area is 143 Å². The first kappa shape index (κ1) is 15.6. The van der Waals surface area contributed by atoms with Gasteiger partial charge in [-0.25, -0.2) is 4.68 Å². The van der Waals surface area contributed by atoms with Crippen LogP contribution in [0, 0.1) is 6.92 Å². The van der Waals surface area contributed by atoms with Crippen LogP contribution in [0.5, 0.6) is 0 Å². The van der Waals surface area contributed by atoms with E-state index in [1.807, 2.05) is 25.1 Å². The fourth-order valence-electron chi connectivity index (χ4n) is 3.36. The normalized spacial score (nSPS) is 17.3. The molecule has 0 bridgehead atoms. The third-order valence-electron chi connectivity index (χ3n) is 4.59. The van der Waals surface area contributed by atoms with E-state index >= 15 is 0 Å². The van der Waals surface area contributed by atoms with E-state index in [4.69, 9.17) is 4.52 Å².